The topological polar surface area (TPSA) is 64.0 Å². The Morgan fingerprint density at radius 3 is 2.37 bits per heavy atom. The van der Waals surface area contributed by atoms with Crippen molar-refractivity contribution in [3.63, 3.8) is 0 Å². The van der Waals surface area contributed by atoms with Crippen molar-refractivity contribution in [3.05, 3.63) is 94.8 Å². The van der Waals surface area contributed by atoms with Crippen LogP contribution in [0.15, 0.2) is 71.6 Å². The molecule has 0 aliphatic heterocycles. The number of sulfonamides is 1. The fourth-order valence-electron chi connectivity index (χ4n) is 3.44. The van der Waals surface area contributed by atoms with Gasteiger partial charge >= 0.3 is 0 Å². The van der Waals surface area contributed by atoms with Crippen molar-refractivity contribution < 1.29 is 8.42 Å². The molecule has 4 aromatic rings. The highest BCUT2D eigenvalue weighted by molar-refractivity contribution is 7.89. The Labute approximate surface area is 177 Å². The number of aromatic nitrogens is 2. The summed E-state index contributed by atoms with van der Waals surface area (Å²) in [4.78, 5) is 4.96. The summed E-state index contributed by atoms with van der Waals surface area (Å²) in [5.74, 6) is 0.684. The van der Waals surface area contributed by atoms with Gasteiger partial charge in [-0.25, -0.2) is 18.1 Å². The number of aryl methyl sites for hydroxylation is 3. The molecule has 30 heavy (non-hydrogen) atoms. The zero-order valence-electron chi connectivity index (χ0n) is 17.4. The second-order valence-electron chi connectivity index (χ2n) is 7.66. The predicted molar refractivity (Wildman–Crippen MR) is 120 cm³/mol. The van der Waals surface area contributed by atoms with Gasteiger partial charge in [-0.15, -0.1) is 0 Å². The quantitative estimate of drug-likeness (QED) is 0.501. The molecule has 1 N–H and O–H groups in total. The molecule has 0 bridgehead atoms. The molecule has 0 aliphatic rings. The summed E-state index contributed by atoms with van der Waals surface area (Å²) in [6.45, 7) is 6.68. The summed E-state index contributed by atoms with van der Waals surface area (Å²) in [6, 6.07) is 21.4. The number of para-hydroxylation sites is 2. The van der Waals surface area contributed by atoms with Crippen molar-refractivity contribution in [2.45, 2.75) is 38.8 Å². The van der Waals surface area contributed by atoms with Gasteiger partial charge in [-0.05, 0) is 61.7 Å². The smallest absolute Gasteiger partial charge is 0.240 e. The van der Waals surface area contributed by atoms with Gasteiger partial charge in [0.05, 0.1) is 22.5 Å². The molecular formula is C24H25N3O2S. The molecule has 0 saturated carbocycles. The molecule has 3 aromatic carbocycles. The van der Waals surface area contributed by atoms with E-state index >= 15 is 0 Å². The number of hydrogen-bond acceptors (Lipinski definition) is 3. The highest BCUT2D eigenvalue weighted by Gasteiger charge is 2.17. The Kier molecular flexibility index (Phi) is 5.45. The molecule has 0 spiro atoms. The number of fused-ring (bicyclic) bond motifs is 1. The first-order valence-corrected chi connectivity index (χ1v) is 11.4. The molecule has 0 fully saturated rings. The predicted octanol–water partition coefficient (Wildman–Crippen LogP) is 4.49. The van der Waals surface area contributed by atoms with E-state index in [1.807, 2.05) is 44.2 Å². The third-order valence-corrected chi connectivity index (χ3v) is 6.80. The third-order valence-electron chi connectivity index (χ3n) is 5.40. The Hall–Kier alpha value is -2.96. The first-order valence-electron chi connectivity index (χ1n) is 9.90. The standard InChI is InChI=1S/C24H25N3O2S/c1-17-8-11-20(12-9-17)16-27-23-7-5-4-6-22(23)26-24(27)15-25-30(28,29)21-13-10-18(2)19(3)14-21/h4-14,25H,15-16H2,1-3H3. The largest absolute Gasteiger partial charge is 0.322 e. The molecule has 1 heterocycles. The Balaban J connectivity index is 1.65. The van der Waals surface area contributed by atoms with Crippen molar-refractivity contribution in [3.8, 4) is 0 Å². The fraction of sp³-hybridized carbons (Fsp3) is 0.208. The Morgan fingerprint density at radius 2 is 1.63 bits per heavy atom. The van der Waals surface area contributed by atoms with E-state index < -0.39 is 10.0 Å². The van der Waals surface area contributed by atoms with Crippen molar-refractivity contribution in [2.24, 2.45) is 0 Å². The van der Waals surface area contributed by atoms with Crippen LogP contribution in [0.3, 0.4) is 0 Å². The van der Waals surface area contributed by atoms with Gasteiger partial charge in [0.25, 0.3) is 0 Å². The number of nitrogens with one attached hydrogen (secondary N) is 1. The van der Waals surface area contributed by atoms with Crippen LogP contribution in [-0.2, 0) is 23.1 Å². The highest BCUT2D eigenvalue weighted by Crippen LogP contribution is 2.20. The second-order valence-corrected chi connectivity index (χ2v) is 9.43. The molecular weight excluding hydrogens is 394 g/mol. The van der Waals surface area contributed by atoms with Crippen LogP contribution in [-0.4, -0.2) is 18.0 Å². The zero-order valence-corrected chi connectivity index (χ0v) is 18.2. The first kappa shape index (κ1) is 20.3. The third kappa shape index (κ3) is 4.15. The maximum atomic E-state index is 12.8. The van der Waals surface area contributed by atoms with Gasteiger partial charge in [0, 0.05) is 6.54 Å². The van der Waals surface area contributed by atoms with E-state index in [1.54, 1.807) is 12.1 Å². The van der Waals surface area contributed by atoms with Gasteiger partial charge in [-0.3, -0.25) is 0 Å². The normalized spacial score (nSPS) is 11.8. The van der Waals surface area contributed by atoms with E-state index in [4.69, 9.17) is 4.98 Å². The number of imidazole rings is 1. The SMILES string of the molecule is Cc1ccc(Cn2c(CNS(=O)(=O)c3ccc(C)c(C)c3)nc3ccccc32)cc1. The van der Waals surface area contributed by atoms with Crippen LogP contribution in [0.2, 0.25) is 0 Å². The Morgan fingerprint density at radius 1 is 0.900 bits per heavy atom. The Bertz CT molecular complexity index is 1310. The summed E-state index contributed by atoms with van der Waals surface area (Å²) < 4.78 is 30.5. The van der Waals surface area contributed by atoms with E-state index in [9.17, 15) is 8.42 Å². The van der Waals surface area contributed by atoms with E-state index in [2.05, 4.69) is 40.5 Å². The summed E-state index contributed by atoms with van der Waals surface area (Å²) in [5, 5.41) is 0. The van der Waals surface area contributed by atoms with Crippen LogP contribution in [0.25, 0.3) is 11.0 Å². The molecule has 0 aliphatic carbocycles. The van der Waals surface area contributed by atoms with Crippen molar-refractivity contribution in [1.82, 2.24) is 14.3 Å². The van der Waals surface area contributed by atoms with Crippen LogP contribution in [0.4, 0.5) is 0 Å². The maximum absolute atomic E-state index is 12.8. The van der Waals surface area contributed by atoms with Gasteiger partial charge in [-0.1, -0.05) is 48.0 Å². The lowest BCUT2D eigenvalue weighted by Gasteiger charge is -2.12. The van der Waals surface area contributed by atoms with E-state index in [1.165, 1.54) is 5.56 Å². The van der Waals surface area contributed by atoms with Crippen LogP contribution in [0.1, 0.15) is 28.1 Å². The monoisotopic (exact) mass is 419 g/mol. The zero-order chi connectivity index (χ0) is 21.3. The molecule has 6 heteroatoms. The fourth-order valence-corrected chi connectivity index (χ4v) is 4.50. The molecule has 0 unspecified atom stereocenters. The van der Waals surface area contributed by atoms with Crippen LogP contribution in [0, 0.1) is 20.8 Å². The minimum Gasteiger partial charge on any atom is -0.322 e. The maximum Gasteiger partial charge on any atom is 0.240 e. The van der Waals surface area contributed by atoms with Gasteiger partial charge in [0.1, 0.15) is 5.82 Å². The first-order chi connectivity index (χ1) is 14.3. The average Bonchev–Trinajstić information content (AvgIpc) is 3.08. The molecule has 0 atom stereocenters. The van der Waals surface area contributed by atoms with E-state index in [-0.39, 0.29) is 11.4 Å². The summed E-state index contributed by atoms with van der Waals surface area (Å²) in [6.07, 6.45) is 0. The molecule has 4 rings (SSSR count). The van der Waals surface area contributed by atoms with E-state index in [0.717, 1.165) is 27.7 Å². The van der Waals surface area contributed by atoms with Crippen LogP contribution >= 0.6 is 0 Å². The summed E-state index contributed by atoms with van der Waals surface area (Å²) >= 11 is 0. The van der Waals surface area contributed by atoms with Gasteiger partial charge in [0.2, 0.25) is 10.0 Å². The summed E-state index contributed by atoms with van der Waals surface area (Å²) in [5.41, 5.74) is 6.19. The molecule has 0 amide bonds. The summed E-state index contributed by atoms with van der Waals surface area (Å²) in [7, 11) is -3.63. The number of hydrogen-bond donors (Lipinski definition) is 1. The molecule has 0 radical (unpaired) electrons. The average molecular weight is 420 g/mol. The number of benzene rings is 3. The molecule has 1 aromatic heterocycles. The van der Waals surface area contributed by atoms with Crippen molar-refractivity contribution in [1.29, 1.82) is 0 Å². The number of nitrogens with zero attached hydrogens (tertiary/aromatic N) is 2. The lowest BCUT2D eigenvalue weighted by atomic mass is 10.1. The van der Waals surface area contributed by atoms with Gasteiger partial charge < -0.3 is 4.57 Å². The van der Waals surface area contributed by atoms with E-state index in [0.29, 0.717) is 12.4 Å². The van der Waals surface area contributed by atoms with Gasteiger partial charge in [-0.2, -0.15) is 0 Å². The number of rotatable bonds is 6. The van der Waals surface area contributed by atoms with Gasteiger partial charge in [0.15, 0.2) is 0 Å². The molecule has 5 nitrogen and oxygen atoms in total. The van der Waals surface area contributed by atoms with Crippen molar-refractivity contribution >= 4 is 21.1 Å². The highest BCUT2D eigenvalue weighted by atomic mass is 32.2. The van der Waals surface area contributed by atoms with Crippen molar-refractivity contribution in [2.75, 3.05) is 0 Å². The van der Waals surface area contributed by atoms with Crippen LogP contribution < -0.4 is 4.72 Å². The lowest BCUT2D eigenvalue weighted by Crippen LogP contribution is -2.25. The molecule has 154 valence electrons. The minimum absolute atomic E-state index is 0.121. The molecule has 0 saturated heterocycles. The second kappa shape index (κ2) is 8.05. The lowest BCUT2D eigenvalue weighted by molar-refractivity contribution is 0.576. The minimum atomic E-state index is -3.63. The van der Waals surface area contributed by atoms with Crippen LogP contribution in [0.5, 0.6) is 0 Å².